The minimum absolute atomic E-state index is 0.124. The van der Waals surface area contributed by atoms with Crippen molar-refractivity contribution < 1.29 is 9.59 Å². The van der Waals surface area contributed by atoms with Crippen LogP contribution in [0.25, 0.3) is 0 Å². The Balaban J connectivity index is 1.51. The minimum Gasteiger partial charge on any atom is -0.279 e. The molecule has 0 aromatic heterocycles. The van der Waals surface area contributed by atoms with E-state index in [9.17, 15) is 9.59 Å². The smallest absolute Gasteiger partial charge is 0.235 e. The Kier molecular flexibility index (Phi) is 6.02. The molecule has 1 aliphatic rings. The molecule has 2 aromatic carbocycles. The summed E-state index contributed by atoms with van der Waals surface area (Å²) in [6, 6.07) is 18.3. The molecule has 1 aliphatic carbocycles. The minimum atomic E-state index is -0.124. The normalized spacial score (nSPS) is 18.6. The number of hydrogen-bond donors (Lipinski definition) is 0. The second kappa shape index (κ2) is 8.84. The summed E-state index contributed by atoms with van der Waals surface area (Å²) in [4.78, 5) is 24.1. The standard InChI is InChI=1S/C24H20O2/c25-23(21-7-3-1-4-8-21)17-15-19-11-13-20(14-12-19)16-18-24(26)22-9-5-2-6-10-22/h1-10,19-20H,11-14H2. The number of rotatable bonds is 2. The summed E-state index contributed by atoms with van der Waals surface area (Å²) < 4.78 is 0. The van der Waals surface area contributed by atoms with Gasteiger partial charge in [0.25, 0.3) is 0 Å². The van der Waals surface area contributed by atoms with E-state index < -0.39 is 0 Å². The fourth-order valence-electron chi connectivity index (χ4n) is 3.04. The lowest BCUT2D eigenvalue weighted by atomic mass is 9.82. The van der Waals surface area contributed by atoms with E-state index >= 15 is 0 Å². The summed E-state index contributed by atoms with van der Waals surface area (Å²) in [5, 5.41) is 0. The Morgan fingerprint density at radius 1 is 0.615 bits per heavy atom. The van der Waals surface area contributed by atoms with E-state index in [1.54, 1.807) is 24.3 Å². The third-order valence-electron chi connectivity index (χ3n) is 4.58. The van der Waals surface area contributed by atoms with Gasteiger partial charge in [-0.25, -0.2) is 0 Å². The van der Waals surface area contributed by atoms with Crippen LogP contribution in [0.15, 0.2) is 60.7 Å². The van der Waals surface area contributed by atoms with E-state index in [1.165, 1.54) is 0 Å². The van der Waals surface area contributed by atoms with Crippen molar-refractivity contribution in [2.45, 2.75) is 25.7 Å². The predicted molar refractivity (Wildman–Crippen MR) is 103 cm³/mol. The van der Waals surface area contributed by atoms with Crippen LogP contribution in [-0.4, -0.2) is 11.6 Å². The molecule has 0 aliphatic heterocycles. The molecule has 0 atom stereocenters. The van der Waals surface area contributed by atoms with Gasteiger partial charge in [0.05, 0.1) is 0 Å². The molecule has 0 N–H and O–H groups in total. The highest BCUT2D eigenvalue weighted by atomic mass is 16.1. The second-order valence-electron chi connectivity index (χ2n) is 6.48. The van der Waals surface area contributed by atoms with Gasteiger partial charge in [-0.1, -0.05) is 72.5 Å². The maximum Gasteiger partial charge on any atom is 0.235 e. The van der Waals surface area contributed by atoms with Gasteiger partial charge >= 0.3 is 0 Å². The van der Waals surface area contributed by atoms with Gasteiger partial charge in [0.15, 0.2) is 0 Å². The van der Waals surface area contributed by atoms with Gasteiger partial charge in [-0.05, 0) is 37.5 Å². The van der Waals surface area contributed by atoms with E-state index in [1.807, 2.05) is 36.4 Å². The SMILES string of the molecule is O=C(C#CC1CCC(C#CC(=O)c2ccccc2)CC1)c1ccccc1. The molecule has 0 saturated heterocycles. The quantitative estimate of drug-likeness (QED) is 0.456. The predicted octanol–water partition coefficient (Wildman–Crippen LogP) is 4.57. The van der Waals surface area contributed by atoms with Crippen LogP contribution in [0.5, 0.6) is 0 Å². The van der Waals surface area contributed by atoms with Crippen molar-refractivity contribution in [1.29, 1.82) is 0 Å². The molecule has 2 aromatic rings. The van der Waals surface area contributed by atoms with Gasteiger partial charge in [-0.15, -0.1) is 0 Å². The van der Waals surface area contributed by atoms with E-state index in [-0.39, 0.29) is 23.4 Å². The summed E-state index contributed by atoms with van der Waals surface area (Å²) in [5.74, 6) is 12.0. The Labute approximate surface area is 154 Å². The fourth-order valence-corrected chi connectivity index (χ4v) is 3.04. The first kappa shape index (κ1) is 17.7. The molecule has 3 rings (SSSR count). The molecule has 2 nitrogen and oxygen atoms in total. The van der Waals surface area contributed by atoms with Crippen molar-refractivity contribution in [3.05, 3.63) is 71.8 Å². The zero-order valence-electron chi connectivity index (χ0n) is 14.6. The zero-order valence-corrected chi connectivity index (χ0v) is 14.6. The molecule has 128 valence electrons. The third kappa shape index (κ3) is 4.95. The van der Waals surface area contributed by atoms with Crippen LogP contribution in [0.4, 0.5) is 0 Å². The largest absolute Gasteiger partial charge is 0.279 e. The topological polar surface area (TPSA) is 34.1 Å². The molecule has 1 saturated carbocycles. The fraction of sp³-hybridized carbons (Fsp3) is 0.250. The molecule has 26 heavy (non-hydrogen) atoms. The van der Waals surface area contributed by atoms with Gasteiger partial charge in [0.2, 0.25) is 11.6 Å². The monoisotopic (exact) mass is 340 g/mol. The first-order valence-electron chi connectivity index (χ1n) is 8.94. The van der Waals surface area contributed by atoms with Crippen LogP contribution in [0.2, 0.25) is 0 Å². The lowest BCUT2D eigenvalue weighted by molar-refractivity contribution is 0.104. The van der Waals surface area contributed by atoms with E-state index in [0.29, 0.717) is 11.1 Å². The summed E-state index contributed by atoms with van der Waals surface area (Å²) >= 11 is 0. The molecule has 0 radical (unpaired) electrons. The van der Waals surface area contributed by atoms with Crippen LogP contribution < -0.4 is 0 Å². The van der Waals surface area contributed by atoms with Gasteiger partial charge in [0.1, 0.15) is 0 Å². The second-order valence-corrected chi connectivity index (χ2v) is 6.48. The molecule has 0 unspecified atom stereocenters. The summed E-state index contributed by atoms with van der Waals surface area (Å²) in [6.07, 6.45) is 3.70. The maximum absolute atomic E-state index is 12.0. The van der Waals surface area contributed by atoms with Crippen molar-refractivity contribution in [3.8, 4) is 23.7 Å². The summed E-state index contributed by atoms with van der Waals surface area (Å²) in [7, 11) is 0. The Hall–Kier alpha value is -3.10. The van der Waals surface area contributed by atoms with Crippen molar-refractivity contribution in [3.63, 3.8) is 0 Å². The number of benzene rings is 2. The number of carbonyl (C=O) groups is 2. The molecular weight excluding hydrogens is 320 g/mol. The zero-order chi connectivity index (χ0) is 18.2. The van der Waals surface area contributed by atoms with Crippen LogP contribution in [0.3, 0.4) is 0 Å². The van der Waals surface area contributed by atoms with Crippen LogP contribution in [0.1, 0.15) is 46.4 Å². The average Bonchev–Trinajstić information content (AvgIpc) is 2.72. The van der Waals surface area contributed by atoms with Crippen LogP contribution in [-0.2, 0) is 0 Å². The summed E-state index contributed by atoms with van der Waals surface area (Å²) in [5.41, 5.74) is 1.28. The van der Waals surface area contributed by atoms with E-state index in [2.05, 4.69) is 23.7 Å². The number of Topliss-reactive ketones (excluding diaryl/α,β-unsaturated/α-hetero) is 2. The molecule has 2 heteroatoms. The highest BCUT2D eigenvalue weighted by molar-refractivity contribution is 6.09. The average molecular weight is 340 g/mol. The summed E-state index contributed by atoms with van der Waals surface area (Å²) in [6.45, 7) is 0. The number of carbonyl (C=O) groups excluding carboxylic acids is 2. The molecule has 0 bridgehead atoms. The third-order valence-corrected chi connectivity index (χ3v) is 4.58. The number of ketones is 2. The molecular formula is C24H20O2. The van der Waals surface area contributed by atoms with Gasteiger partial charge in [0, 0.05) is 23.0 Å². The Morgan fingerprint density at radius 2 is 0.962 bits per heavy atom. The number of hydrogen-bond acceptors (Lipinski definition) is 2. The molecule has 1 fully saturated rings. The first-order chi connectivity index (χ1) is 12.7. The van der Waals surface area contributed by atoms with Gasteiger partial charge in [-0.2, -0.15) is 0 Å². The molecule has 0 heterocycles. The highest BCUT2D eigenvalue weighted by Crippen LogP contribution is 2.27. The van der Waals surface area contributed by atoms with E-state index in [0.717, 1.165) is 25.7 Å². The Morgan fingerprint density at radius 3 is 1.31 bits per heavy atom. The molecule has 0 spiro atoms. The molecule has 0 amide bonds. The van der Waals surface area contributed by atoms with Crippen molar-refractivity contribution in [2.24, 2.45) is 11.8 Å². The van der Waals surface area contributed by atoms with Crippen molar-refractivity contribution >= 4 is 11.6 Å². The van der Waals surface area contributed by atoms with Gasteiger partial charge in [-0.3, -0.25) is 9.59 Å². The lowest BCUT2D eigenvalue weighted by Crippen LogP contribution is -2.12. The Bertz CT molecular complexity index is 804. The van der Waals surface area contributed by atoms with Crippen molar-refractivity contribution in [1.82, 2.24) is 0 Å². The van der Waals surface area contributed by atoms with Gasteiger partial charge < -0.3 is 0 Å². The van der Waals surface area contributed by atoms with Crippen molar-refractivity contribution in [2.75, 3.05) is 0 Å². The maximum atomic E-state index is 12.0. The highest BCUT2D eigenvalue weighted by Gasteiger charge is 2.18. The first-order valence-corrected chi connectivity index (χ1v) is 8.94. The van der Waals surface area contributed by atoms with Crippen LogP contribution >= 0.6 is 0 Å². The van der Waals surface area contributed by atoms with Crippen LogP contribution in [0, 0.1) is 35.5 Å². The van der Waals surface area contributed by atoms with E-state index in [4.69, 9.17) is 0 Å². The lowest BCUT2D eigenvalue weighted by Gasteiger charge is -2.21.